The third kappa shape index (κ3) is 1.43. The zero-order valence-electron chi connectivity index (χ0n) is 7.07. The molecule has 13 heavy (non-hydrogen) atoms. The van der Waals surface area contributed by atoms with Crippen LogP contribution >= 0.6 is 0 Å². The molecule has 0 N–H and O–H groups in total. The summed E-state index contributed by atoms with van der Waals surface area (Å²) in [6, 6.07) is 5.24. The van der Waals surface area contributed by atoms with Gasteiger partial charge in [-0.1, -0.05) is 11.6 Å². The fourth-order valence-electron chi connectivity index (χ4n) is 1.26. The Bertz CT molecular complexity index is 398. The fraction of sp³-hybridized carbons (Fsp3) is 0.222. The molecule has 0 fully saturated rings. The van der Waals surface area contributed by atoms with E-state index in [1.54, 1.807) is 12.1 Å². The van der Waals surface area contributed by atoms with Crippen LogP contribution < -0.4 is 0 Å². The zero-order valence-corrected chi connectivity index (χ0v) is 7.89. The molecule has 0 aromatic heterocycles. The maximum atomic E-state index is 11.3. The van der Waals surface area contributed by atoms with Gasteiger partial charge in [-0.15, -0.1) is 0 Å². The van der Waals surface area contributed by atoms with Gasteiger partial charge < -0.3 is 0 Å². The van der Waals surface area contributed by atoms with Crippen LogP contribution in [-0.2, 0) is 15.3 Å². The van der Waals surface area contributed by atoms with Crippen LogP contribution in [-0.4, -0.2) is 16.6 Å². The van der Waals surface area contributed by atoms with Crippen molar-refractivity contribution in [2.24, 2.45) is 0 Å². The van der Waals surface area contributed by atoms with Crippen molar-refractivity contribution in [2.75, 3.05) is 6.61 Å². The first-order valence-electron chi connectivity index (χ1n) is 3.87. The monoisotopic (exact) mass is 196 g/mol. The number of hydrogen-bond acceptors (Lipinski definition) is 3. The van der Waals surface area contributed by atoms with Crippen molar-refractivity contribution in [1.29, 1.82) is 0 Å². The SMILES string of the molecule is Cc1ccc2c(c1)C(=O)COS2=O. The van der Waals surface area contributed by atoms with Crippen molar-refractivity contribution in [1.82, 2.24) is 0 Å². The summed E-state index contributed by atoms with van der Waals surface area (Å²) in [6.45, 7) is 1.81. The third-order valence-electron chi connectivity index (χ3n) is 1.91. The van der Waals surface area contributed by atoms with Crippen molar-refractivity contribution in [3.8, 4) is 0 Å². The van der Waals surface area contributed by atoms with Crippen LogP contribution in [0, 0.1) is 6.92 Å². The molecule has 2 rings (SSSR count). The van der Waals surface area contributed by atoms with Crippen molar-refractivity contribution < 1.29 is 13.2 Å². The summed E-state index contributed by atoms with van der Waals surface area (Å²) in [5.74, 6) is -0.0988. The van der Waals surface area contributed by atoms with E-state index in [1.807, 2.05) is 13.0 Å². The molecule has 0 radical (unpaired) electrons. The minimum atomic E-state index is -1.46. The molecular formula is C9H8O3S. The van der Waals surface area contributed by atoms with Crippen LogP contribution in [0.3, 0.4) is 0 Å². The Labute approximate surface area is 78.4 Å². The van der Waals surface area contributed by atoms with Crippen LogP contribution in [0.2, 0.25) is 0 Å². The maximum Gasteiger partial charge on any atom is 0.191 e. The predicted molar refractivity (Wildman–Crippen MR) is 47.9 cm³/mol. The van der Waals surface area contributed by atoms with E-state index in [2.05, 4.69) is 0 Å². The summed E-state index contributed by atoms with van der Waals surface area (Å²) < 4.78 is 16.1. The van der Waals surface area contributed by atoms with Gasteiger partial charge in [0.15, 0.2) is 16.9 Å². The van der Waals surface area contributed by atoms with Gasteiger partial charge in [0, 0.05) is 5.56 Å². The van der Waals surface area contributed by atoms with Gasteiger partial charge in [-0.3, -0.25) is 8.98 Å². The second-order valence-corrected chi connectivity index (χ2v) is 4.06. The molecule has 0 bridgehead atoms. The van der Waals surface area contributed by atoms with E-state index < -0.39 is 11.1 Å². The molecule has 4 heteroatoms. The molecule has 0 spiro atoms. The molecule has 3 nitrogen and oxygen atoms in total. The first kappa shape index (κ1) is 8.59. The lowest BCUT2D eigenvalue weighted by molar-refractivity contribution is 0.0917. The van der Waals surface area contributed by atoms with Crippen molar-refractivity contribution in [3.05, 3.63) is 29.3 Å². The van der Waals surface area contributed by atoms with Gasteiger partial charge in [-0.2, -0.15) is 0 Å². The van der Waals surface area contributed by atoms with Gasteiger partial charge in [0.2, 0.25) is 0 Å². The first-order chi connectivity index (χ1) is 6.18. The van der Waals surface area contributed by atoms with E-state index in [-0.39, 0.29) is 12.4 Å². The standard InChI is InChI=1S/C9H8O3S/c1-6-2-3-9-7(4-6)8(10)5-12-13(9)11/h2-4H,5H2,1H3. The Morgan fingerprint density at radius 3 is 3.00 bits per heavy atom. The molecule has 0 saturated carbocycles. The highest BCUT2D eigenvalue weighted by atomic mass is 32.2. The number of rotatable bonds is 0. The van der Waals surface area contributed by atoms with E-state index in [0.717, 1.165) is 5.56 Å². The average molecular weight is 196 g/mol. The Morgan fingerprint density at radius 1 is 1.46 bits per heavy atom. The van der Waals surface area contributed by atoms with Crippen molar-refractivity contribution in [3.63, 3.8) is 0 Å². The number of fused-ring (bicyclic) bond motifs is 1. The predicted octanol–water partition coefficient (Wildman–Crippen LogP) is 1.23. The minimum Gasteiger partial charge on any atom is -0.291 e. The first-order valence-corrected chi connectivity index (χ1v) is 4.95. The van der Waals surface area contributed by atoms with Gasteiger partial charge in [0.25, 0.3) is 0 Å². The van der Waals surface area contributed by atoms with Gasteiger partial charge in [-0.05, 0) is 19.1 Å². The van der Waals surface area contributed by atoms with E-state index >= 15 is 0 Å². The van der Waals surface area contributed by atoms with E-state index in [0.29, 0.717) is 10.5 Å². The zero-order chi connectivity index (χ0) is 9.42. The van der Waals surface area contributed by atoms with Crippen LogP contribution in [0.25, 0.3) is 0 Å². The number of aryl methyl sites for hydroxylation is 1. The summed E-state index contributed by atoms with van der Waals surface area (Å²) in [4.78, 5) is 11.8. The molecule has 1 aromatic rings. The van der Waals surface area contributed by atoms with E-state index in [9.17, 15) is 9.00 Å². The number of hydrogen-bond donors (Lipinski definition) is 0. The van der Waals surface area contributed by atoms with Crippen LogP contribution in [0.4, 0.5) is 0 Å². The number of Topliss-reactive ketones (excluding diaryl/α,β-unsaturated/α-hetero) is 1. The van der Waals surface area contributed by atoms with E-state index in [4.69, 9.17) is 4.18 Å². The average Bonchev–Trinajstić information content (AvgIpc) is 2.12. The summed E-state index contributed by atoms with van der Waals surface area (Å²) in [6.07, 6.45) is 0. The maximum absolute atomic E-state index is 11.3. The Kier molecular flexibility index (Phi) is 2.01. The molecule has 1 aromatic carbocycles. The van der Waals surface area contributed by atoms with Crippen LogP contribution in [0.15, 0.2) is 23.1 Å². The minimum absolute atomic E-state index is 0.0803. The summed E-state index contributed by atoms with van der Waals surface area (Å²) >= 11 is -1.46. The molecule has 1 aliphatic heterocycles. The molecule has 0 aliphatic carbocycles. The Morgan fingerprint density at radius 2 is 2.23 bits per heavy atom. The normalized spacial score (nSPS) is 21.3. The van der Waals surface area contributed by atoms with Crippen LogP contribution in [0.5, 0.6) is 0 Å². The summed E-state index contributed by atoms with van der Waals surface area (Å²) in [5.41, 5.74) is 1.52. The van der Waals surface area contributed by atoms with Gasteiger partial charge in [-0.25, -0.2) is 4.21 Å². The van der Waals surface area contributed by atoms with E-state index in [1.165, 1.54) is 0 Å². The second kappa shape index (κ2) is 3.05. The van der Waals surface area contributed by atoms with Crippen LogP contribution in [0.1, 0.15) is 15.9 Å². The highest BCUT2D eigenvalue weighted by Gasteiger charge is 2.23. The molecule has 68 valence electrons. The topological polar surface area (TPSA) is 43.4 Å². The quantitative estimate of drug-likeness (QED) is 0.626. The number of benzene rings is 1. The lowest BCUT2D eigenvalue weighted by Crippen LogP contribution is -2.19. The summed E-state index contributed by atoms with van der Waals surface area (Å²) in [5, 5.41) is 0. The lowest BCUT2D eigenvalue weighted by atomic mass is 10.1. The van der Waals surface area contributed by atoms with Gasteiger partial charge >= 0.3 is 0 Å². The molecule has 1 atom stereocenters. The lowest BCUT2D eigenvalue weighted by Gasteiger charge is -2.13. The third-order valence-corrected chi connectivity index (χ3v) is 2.96. The van der Waals surface area contributed by atoms with Crippen molar-refractivity contribution >= 4 is 16.9 Å². The smallest absolute Gasteiger partial charge is 0.191 e. The molecule has 0 saturated heterocycles. The highest BCUT2D eigenvalue weighted by molar-refractivity contribution is 7.80. The molecule has 1 unspecified atom stereocenters. The molecular weight excluding hydrogens is 188 g/mol. The Hall–Kier alpha value is -1.00. The van der Waals surface area contributed by atoms with Gasteiger partial charge in [0.05, 0.1) is 4.90 Å². The Balaban J connectivity index is 2.63. The molecule has 1 aliphatic rings. The fourth-order valence-corrected chi connectivity index (χ4v) is 2.13. The largest absolute Gasteiger partial charge is 0.291 e. The second-order valence-electron chi connectivity index (χ2n) is 2.92. The summed E-state index contributed by atoms with van der Waals surface area (Å²) in [7, 11) is 0. The molecule has 1 heterocycles. The molecule has 0 amide bonds. The number of ketones is 1. The number of carbonyl (C=O) groups excluding carboxylic acids is 1. The van der Waals surface area contributed by atoms with Crippen molar-refractivity contribution in [2.45, 2.75) is 11.8 Å². The number of carbonyl (C=O) groups is 1. The highest BCUT2D eigenvalue weighted by Crippen LogP contribution is 2.21. The van der Waals surface area contributed by atoms with Gasteiger partial charge in [0.1, 0.15) is 6.61 Å².